The first-order valence-corrected chi connectivity index (χ1v) is 8.63. The minimum Gasteiger partial charge on any atom is -0.497 e. The molecule has 7 heteroatoms. The van der Waals surface area contributed by atoms with E-state index >= 15 is 0 Å². The summed E-state index contributed by atoms with van der Waals surface area (Å²) in [5.74, 6) is -0.490. The fourth-order valence-corrected chi connectivity index (χ4v) is 3.01. The van der Waals surface area contributed by atoms with Crippen LogP contribution in [0.3, 0.4) is 0 Å². The van der Waals surface area contributed by atoms with Gasteiger partial charge in [0.2, 0.25) is 5.88 Å². The van der Waals surface area contributed by atoms with E-state index in [1.54, 1.807) is 62.8 Å². The van der Waals surface area contributed by atoms with Gasteiger partial charge in [0.05, 0.1) is 25.2 Å². The lowest BCUT2D eigenvalue weighted by Crippen LogP contribution is -2.26. The van der Waals surface area contributed by atoms with Crippen LogP contribution < -0.4 is 10.5 Å². The van der Waals surface area contributed by atoms with E-state index in [-0.39, 0.29) is 29.4 Å². The van der Waals surface area contributed by atoms with E-state index in [1.165, 1.54) is 0 Å². The number of carbonyl (C=O) groups is 1. The monoisotopic (exact) mass is 377 g/mol. The summed E-state index contributed by atoms with van der Waals surface area (Å²) in [7, 11) is 1.56. The maximum absolute atomic E-state index is 12.9. The molecule has 0 unspecified atom stereocenters. The van der Waals surface area contributed by atoms with Crippen molar-refractivity contribution in [3.63, 3.8) is 0 Å². The van der Waals surface area contributed by atoms with Crippen molar-refractivity contribution in [3.05, 3.63) is 76.9 Å². The third-order valence-electron chi connectivity index (χ3n) is 4.29. The van der Waals surface area contributed by atoms with Crippen molar-refractivity contribution in [1.29, 1.82) is 5.26 Å². The molecule has 0 aliphatic carbocycles. The van der Waals surface area contributed by atoms with Gasteiger partial charge in [-0.1, -0.05) is 6.07 Å². The van der Waals surface area contributed by atoms with Crippen LogP contribution in [0.5, 0.6) is 5.75 Å². The zero-order valence-electron chi connectivity index (χ0n) is 15.5. The highest BCUT2D eigenvalue weighted by Gasteiger charge is 2.38. The van der Waals surface area contributed by atoms with E-state index in [4.69, 9.17) is 19.9 Å². The molecule has 1 aromatic carbocycles. The Bertz CT molecular complexity index is 973. The second kappa shape index (κ2) is 8.27. The topological polar surface area (TPSA) is 107 Å². The highest BCUT2D eigenvalue weighted by atomic mass is 16.5. The molecule has 0 bridgehead atoms. The molecule has 0 saturated carbocycles. The summed E-state index contributed by atoms with van der Waals surface area (Å²) in [6.45, 7) is 1.89. The van der Waals surface area contributed by atoms with Crippen LogP contribution >= 0.6 is 0 Å². The Morgan fingerprint density at radius 2 is 2.07 bits per heavy atom. The Kier molecular flexibility index (Phi) is 5.61. The predicted octanol–water partition coefficient (Wildman–Crippen LogP) is 2.87. The van der Waals surface area contributed by atoms with Crippen molar-refractivity contribution >= 4 is 11.7 Å². The second-order valence-corrected chi connectivity index (χ2v) is 5.90. The van der Waals surface area contributed by atoms with Crippen LogP contribution in [0.4, 0.5) is 0 Å². The van der Waals surface area contributed by atoms with Gasteiger partial charge in [-0.2, -0.15) is 5.26 Å². The molecule has 142 valence electrons. The van der Waals surface area contributed by atoms with Gasteiger partial charge in [-0.15, -0.1) is 0 Å². The summed E-state index contributed by atoms with van der Waals surface area (Å²) in [4.78, 5) is 17.0. The van der Waals surface area contributed by atoms with Gasteiger partial charge in [-0.25, -0.2) is 4.79 Å². The number of pyridine rings is 1. The molecule has 7 nitrogen and oxygen atoms in total. The van der Waals surface area contributed by atoms with Crippen molar-refractivity contribution in [3.8, 4) is 11.8 Å². The van der Waals surface area contributed by atoms with Crippen molar-refractivity contribution in [2.75, 3.05) is 13.7 Å². The van der Waals surface area contributed by atoms with Crippen molar-refractivity contribution in [2.45, 2.75) is 12.8 Å². The first-order valence-electron chi connectivity index (χ1n) is 8.63. The number of hydrogen-bond donors (Lipinski definition) is 1. The van der Waals surface area contributed by atoms with Gasteiger partial charge in [0.1, 0.15) is 23.2 Å². The maximum atomic E-state index is 12.9. The normalized spacial score (nSPS) is 16.2. The fourth-order valence-electron chi connectivity index (χ4n) is 3.01. The summed E-state index contributed by atoms with van der Waals surface area (Å²) in [5.41, 5.74) is 7.62. The molecule has 2 aromatic rings. The van der Waals surface area contributed by atoms with E-state index < -0.39 is 11.9 Å². The molecule has 3 rings (SSSR count). The van der Waals surface area contributed by atoms with Gasteiger partial charge >= 0.3 is 5.97 Å². The predicted molar refractivity (Wildman–Crippen MR) is 101 cm³/mol. The molecule has 0 fully saturated rings. The molecular weight excluding hydrogens is 358 g/mol. The second-order valence-electron chi connectivity index (χ2n) is 5.90. The van der Waals surface area contributed by atoms with Crippen LogP contribution in [0.25, 0.3) is 5.76 Å². The molecule has 1 aromatic heterocycles. The molecule has 0 amide bonds. The molecule has 1 aliphatic rings. The first kappa shape index (κ1) is 19.0. The molecule has 0 saturated heterocycles. The van der Waals surface area contributed by atoms with Gasteiger partial charge in [0, 0.05) is 18.0 Å². The van der Waals surface area contributed by atoms with E-state index in [2.05, 4.69) is 11.1 Å². The molecule has 28 heavy (non-hydrogen) atoms. The Morgan fingerprint density at radius 1 is 1.32 bits per heavy atom. The van der Waals surface area contributed by atoms with Crippen LogP contribution in [-0.4, -0.2) is 24.7 Å². The van der Waals surface area contributed by atoms with Crippen molar-refractivity contribution in [2.24, 2.45) is 5.73 Å². The Labute approximate surface area is 162 Å². The van der Waals surface area contributed by atoms with E-state index in [1.807, 2.05) is 0 Å². The molecule has 0 spiro atoms. The SMILES string of the molecule is CCOC(=O)C1=C(c2ccc(OC)cc2)OC(N)=C(C#N)[C@H]1c1cccnc1. The number of carbonyl (C=O) groups excluding carboxylic acids is 1. The van der Waals surface area contributed by atoms with Gasteiger partial charge < -0.3 is 19.9 Å². The number of ether oxygens (including phenoxy) is 3. The third-order valence-corrected chi connectivity index (χ3v) is 4.29. The lowest BCUT2D eigenvalue weighted by molar-refractivity contribution is -0.138. The first-order chi connectivity index (χ1) is 13.6. The van der Waals surface area contributed by atoms with Gasteiger partial charge in [0.15, 0.2) is 0 Å². The number of nitrogens with zero attached hydrogens (tertiary/aromatic N) is 2. The molecular formula is C21H19N3O4. The number of allylic oxidation sites excluding steroid dienone is 1. The van der Waals surface area contributed by atoms with Crippen LogP contribution in [0.1, 0.15) is 24.0 Å². The average Bonchev–Trinajstić information content (AvgIpc) is 2.73. The Morgan fingerprint density at radius 3 is 2.64 bits per heavy atom. The number of nitriles is 1. The number of methoxy groups -OCH3 is 1. The number of rotatable bonds is 5. The average molecular weight is 377 g/mol. The number of esters is 1. The number of hydrogen-bond acceptors (Lipinski definition) is 7. The van der Waals surface area contributed by atoms with E-state index in [0.29, 0.717) is 16.9 Å². The summed E-state index contributed by atoms with van der Waals surface area (Å²) in [6.07, 6.45) is 3.20. The molecule has 1 atom stereocenters. The summed E-state index contributed by atoms with van der Waals surface area (Å²) < 4.78 is 16.2. The Hall–Kier alpha value is -3.79. The minimum atomic E-state index is -0.747. The zero-order chi connectivity index (χ0) is 20.1. The van der Waals surface area contributed by atoms with Gasteiger partial charge in [-0.3, -0.25) is 4.98 Å². The number of nitrogens with two attached hydrogens (primary N) is 1. The summed E-state index contributed by atoms with van der Waals surface area (Å²) >= 11 is 0. The largest absolute Gasteiger partial charge is 0.497 e. The van der Waals surface area contributed by atoms with E-state index in [9.17, 15) is 10.1 Å². The smallest absolute Gasteiger partial charge is 0.338 e. The van der Waals surface area contributed by atoms with Crippen LogP contribution in [0, 0.1) is 11.3 Å². The molecule has 1 aliphatic heterocycles. The van der Waals surface area contributed by atoms with Crippen molar-refractivity contribution < 1.29 is 19.0 Å². The van der Waals surface area contributed by atoms with Crippen LogP contribution in [0.2, 0.25) is 0 Å². The highest BCUT2D eigenvalue weighted by molar-refractivity contribution is 5.99. The van der Waals surface area contributed by atoms with Crippen LogP contribution in [0.15, 0.2) is 65.8 Å². The van der Waals surface area contributed by atoms with E-state index in [0.717, 1.165) is 0 Å². The van der Waals surface area contributed by atoms with Gasteiger partial charge in [-0.05, 0) is 42.8 Å². The van der Waals surface area contributed by atoms with Crippen molar-refractivity contribution in [1.82, 2.24) is 4.98 Å². The third kappa shape index (κ3) is 3.53. The summed E-state index contributed by atoms with van der Waals surface area (Å²) in [6, 6.07) is 12.5. The zero-order valence-corrected chi connectivity index (χ0v) is 15.5. The highest BCUT2D eigenvalue weighted by Crippen LogP contribution is 2.42. The van der Waals surface area contributed by atoms with Gasteiger partial charge in [0.25, 0.3) is 0 Å². The Balaban J connectivity index is 2.24. The maximum Gasteiger partial charge on any atom is 0.338 e. The standard InChI is InChI=1S/C21H19N3O4/c1-3-27-21(25)18-17(14-5-4-10-24-12-14)16(11-22)20(23)28-19(18)13-6-8-15(26-2)9-7-13/h4-10,12,17H,3,23H2,1-2H3/t17-/m1/s1. The lowest BCUT2D eigenvalue weighted by atomic mass is 9.82. The quantitative estimate of drug-likeness (QED) is 0.798. The number of benzene rings is 1. The molecule has 0 radical (unpaired) electrons. The minimum absolute atomic E-state index is 0.0600. The number of aromatic nitrogens is 1. The summed E-state index contributed by atoms with van der Waals surface area (Å²) in [5, 5.41) is 9.67. The fraction of sp³-hybridized carbons (Fsp3) is 0.190. The van der Waals surface area contributed by atoms with Crippen LogP contribution in [-0.2, 0) is 14.3 Å². The lowest BCUT2D eigenvalue weighted by Gasteiger charge is -2.28. The molecule has 2 heterocycles. The molecule has 2 N–H and O–H groups in total.